The lowest BCUT2D eigenvalue weighted by atomic mass is 9.78. The smallest absolute Gasteiger partial charge is 0.408 e. The summed E-state index contributed by atoms with van der Waals surface area (Å²) >= 11 is 0. The molecule has 3 aliphatic rings. The van der Waals surface area contributed by atoms with Crippen molar-refractivity contribution in [3.8, 4) is 0 Å². The summed E-state index contributed by atoms with van der Waals surface area (Å²) in [5.41, 5.74) is 4.05. The largest absolute Gasteiger partial charge is 0.458 e. The zero-order valence-corrected chi connectivity index (χ0v) is 29.0. The van der Waals surface area contributed by atoms with Gasteiger partial charge < -0.3 is 50.1 Å². The number of Topliss-reactive ketones (excluding diaryl/α,β-unsaturated/α-hetero) is 1. The van der Waals surface area contributed by atoms with Gasteiger partial charge in [-0.3, -0.25) is 9.59 Å². The molecule has 0 radical (unpaired) electrons. The molecular formula is C32H58N4O9. The van der Waals surface area contributed by atoms with Crippen LogP contribution in [-0.2, 0) is 33.3 Å². The fourth-order valence-electron chi connectivity index (χ4n) is 7.31. The molecule has 45 heavy (non-hydrogen) atoms. The van der Waals surface area contributed by atoms with Crippen LogP contribution in [0.3, 0.4) is 0 Å². The summed E-state index contributed by atoms with van der Waals surface area (Å²) in [6.07, 6.45) is -3.47. The van der Waals surface area contributed by atoms with Crippen LogP contribution in [0.15, 0.2) is 0 Å². The molecule has 14 atom stereocenters. The maximum Gasteiger partial charge on any atom is 0.408 e. The molecule has 2 unspecified atom stereocenters. The molecule has 0 aromatic heterocycles. The van der Waals surface area contributed by atoms with Crippen LogP contribution in [0.1, 0.15) is 74.7 Å². The number of hydrogen-bond acceptors (Lipinski definition) is 12. The number of aliphatic hydroxyl groups is 1. The van der Waals surface area contributed by atoms with Crippen LogP contribution in [0.25, 0.3) is 0 Å². The van der Waals surface area contributed by atoms with Crippen molar-refractivity contribution in [2.45, 2.75) is 141 Å². The van der Waals surface area contributed by atoms with Gasteiger partial charge in [0.25, 0.3) is 0 Å². The number of nitrogens with zero attached hydrogens (tertiary/aromatic N) is 1. The highest BCUT2D eigenvalue weighted by Crippen LogP contribution is 2.38. The lowest BCUT2D eigenvalue weighted by molar-refractivity contribution is -0.299. The Hall–Kier alpha value is -1.87. The zero-order valence-electron chi connectivity index (χ0n) is 29.0. The van der Waals surface area contributed by atoms with E-state index in [1.54, 1.807) is 21.0 Å². The van der Waals surface area contributed by atoms with Crippen molar-refractivity contribution < 1.29 is 43.2 Å². The average molecular weight is 643 g/mol. The Bertz CT molecular complexity index is 1050. The van der Waals surface area contributed by atoms with Crippen molar-refractivity contribution in [2.24, 2.45) is 23.5 Å². The lowest BCUT2D eigenvalue weighted by Crippen LogP contribution is -2.61. The molecule has 5 N–H and O–H groups in total. The van der Waals surface area contributed by atoms with Crippen LogP contribution in [0.2, 0.25) is 0 Å². The van der Waals surface area contributed by atoms with E-state index in [-0.39, 0.29) is 30.1 Å². The first-order chi connectivity index (χ1) is 20.9. The predicted molar refractivity (Wildman–Crippen MR) is 167 cm³/mol. The second kappa shape index (κ2) is 14.9. The Morgan fingerprint density at radius 3 is 2.36 bits per heavy atom. The minimum atomic E-state index is -1.16. The van der Waals surface area contributed by atoms with Gasteiger partial charge in [0.1, 0.15) is 18.1 Å². The van der Waals surface area contributed by atoms with Crippen LogP contribution in [0.4, 0.5) is 4.79 Å². The molecule has 1 amide bonds. The summed E-state index contributed by atoms with van der Waals surface area (Å²) in [5, 5.41) is 17.8. The number of amides is 1. The Morgan fingerprint density at radius 1 is 1.16 bits per heavy atom. The van der Waals surface area contributed by atoms with Crippen LogP contribution in [0, 0.1) is 17.8 Å². The van der Waals surface area contributed by atoms with E-state index < -0.39 is 71.5 Å². The third-order valence-corrected chi connectivity index (χ3v) is 10.3. The molecule has 3 rings (SSSR count). The standard InChI is InChI=1S/C32H58N4O9/c1-12-23-32(8)26(35-30(40)45-32)20(6)34-15-16(2)14-31(7,41-11)27(17(3)24(37)18(4)28(39)43-23)44-29-25(38)21(36(9)10)13-22(42-29)19(5)33/h16-23,25-27,29,34,38H,12-15,33H2,1-11H3,(H,35,40)/t16-,17+,18?,19?,20-,21+,22+,23-,25-,26-,27-,29+,31-,32-/m1/s1. The highest BCUT2D eigenvalue weighted by Gasteiger charge is 2.55. The molecule has 0 aromatic carbocycles. The van der Waals surface area contributed by atoms with E-state index in [1.807, 2.05) is 46.7 Å². The minimum Gasteiger partial charge on any atom is -0.458 e. The average Bonchev–Trinajstić information content (AvgIpc) is 3.30. The minimum absolute atomic E-state index is 0.0148. The molecule has 13 heteroatoms. The second-order valence-electron chi connectivity index (χ2n) is 14.2. The first-order valence-corrected chi connectivity index (χ1v) is 16.3. The Balaban J connectivity index is 2.04. The quantitative estimate of drug-likeness (QED) is 0.244. The van der Waals surface area contributed by atoms with Gasteiger partial charge in [-0.15, -0.1) is 0 Å². The predicted octanol–water partition coefficient (Wildman–Crippen LogP) is 1.58. The van der Waals surface area contributed by atoms with Crippen molar-refractivity contribution in [1.29, 1.82) is 0 Å². The topological polar surface area (TPSA) is 171 Å². The first kappa shape index (κ1) is 37.6. The van der Waals surface area contributed by atoms with Crippen LogP contribution in [0.5, 0.6) is 0 Å². The number of esters is 1. The number of ether oxygens (including phenoxy) is 5. The molecule has 3 heterocycles. The molecule has 3 saturated heterocycles. The van der Waals surface area contributed by atoms with Gasteiger partial charge in [-0.25, -0.2) is 4.79 Å². The fraction of sp³-hybridized carbons (Fsp3) is 0.906. The number of fused-ring (bicyclic) bond motifs is 1. The van der Waals surface area contributed by atoms with Crippen LogP contribution >= 0.6 is 0 Å². The second-order valence-corrected chi connectivity index (χ2v) is 14.2. The molecule has 3 fully saturated rings. The van der Waals surface area contributed by atoms with E-state index >= 15 is 0 Å². The molecule has 0 aliphatic carbocycles. The number of methoxy groups -OCH3 is 1. The highest BCUT2D eigenvalue weighted by atomic mass is 16.7. The maximum absolute atomic E-state index is 14.1. The van der Waals surface area contributed by atoms with Crippen LogP contribution in [-0.4, -0.2) is 122 Å². The van der Waals surface area contributed by atoms with E-state index in [9.17, 15) is 19.5 Å². The molecule has 3 aliphatic heterocycles. The van der Waals surface area contributed by atoms with Gasteiger partial charge in [0.15, 0.2) is 17.7 Å². The summed E-state index contributed by atoms with van der Waals surface area (Å²) < 4.78 is 30.7. The molecule has 0 saturated carbocycles. The van der Waals surface area contributed by atoms with Gasteiger partial charge >= 0.3 is 12.1 Å². The summed E-state index contributed by atoms with van der Waals surface area (Å²) in [7, 11) is 5.32. The number of cyclic esters (lactones) is 1. The maximum atomic E-state index is 14.1. The van der Waals surface area contributed by atoms with E-state index in [0.717, 1.165) is 0 Å². The number of ketones is 1. The molecule has 260 valence electrons. The summed E-state index contributed by atoms with van der Waals surface area (Å²) in [6, 6.07) is -1.36. The van der Waals surface area contributed by atoms with Gasteiger partial charge in [-0.1, -0.05) is 20.8 Å². The summed E-state index contributed by atoms with van der Waals surface area (Å²) in [5.74, 6) is -3.13. The van der Waals surface area contributed by atoms with Gasteiger partial charge in [-0.2, -0.15) is 0 Å². The number of carbonyl (C=O) groups is 3. The van der Waals surface area contributed by atoms with Crippen molar-refractivity contribution in [3.05, 3.63) is 0 Å². The van der Waals surface area contributed by atoms with Gasteiger partial charge in [0.2, 0.25) is 0 Å². The number of alkyl carbamates (subject to hydrolysis) is 1. The van der Waals surface area contributed by atoms with Gasteiger partial charge in [-0.05, 0) is 80.4 Å². The first-order valence-electron chi connectivity index (χ1n) is 16.3. The molecule has 0 spiro atoms. The highest BCUT2D eigenvalue weighted by molar-refractivity contribution is 6.00. The van der Waals surface area contributed by atoms with Gasteiger partial charge in [0, 0.05) is 31.2 Å². The van der Waals surface area contributed by atoms with E-state index in [1.165, 1.54) is 6.92 Å². The molecule has 0 bridgehead atoms. The third-order valence-electron chi connectivity index (χ3n) is 10.3. The fourth-order valence-corrected chi connectivity index (χ4v) is 7.31. The zero-order chi connectivity index (χ0) is 34.0. The van der Waals surface area contributed by atoms with Crippen molar-refractivity contribution in [1.82, 2.24) is 15.5 Å². The number of hydrogen-bond donors (Lipinski definition) is 4. The number of rotatable bonds is 6. The van der Waals surface area contributed by atoms with Crippen molar-refractivity contribution in [2.75, 3.05) is 27.7 Å². The number of carbonyl (C=O) groups excluding carboxylic acids is 3. The Kier molecular flexibility index (Phi) is 12.5. The SMILES string of the molecule is CC[C@H]1OC(=O)C(C)C(=O)[C@H](C)[C@@H](O[C@@H]2O[C@H](C(C)N)C[C@H](N(C)C)[C@H]2O)[C@](C)(OC)C[C@@H](C)CN[C@H](C)[C@H]2NC(=O)O[C@@]21C. The summed E-state index contributed by atoms with van der Waals surface area (Å²) in [4.78, 5) is 42.0. The number of likely N-dealkylation sites (N-methyl/N-ethyl adjacent to an activating group) is 1. The molecular weight excluding hydrogens is 584 g/mol. The van der Waals surface area contributed by atoms with E-state index in [0.29, 0.717) is 25.8 Å². The molecule has 0 aromatic rings. The van der Waals surface area contributed by atoms with E-state index in [4.69, 9.17) is 29.4 Å². The van der Waals surface area contributed by atoms with Crippen molar-refractivity contribution >= 4 is 17.8 Å². The summed E-state index contributed by atoms with van der Waals surface area (Å²) in [6.45, 7) is 15.1. The normalized spacial score (nSPS) is 44.7. The Morgan fingerprint density at radius 2 is 1.80 bits per heavy atom. The number of nitrogens with two attached hydrogens (primary N) is 1. The Labute approximate surface area is 268 Å². The monoisotopic (exact) mass is 642 g/mol. The van der Waals surface area contributed by atoms with Gasteiger partial charge in [0.05, 0.1) is 23.9 Å². The van der Waals surface area contributed by atoms with Crippen molar-refractivity contribution in [3.63, 3.8) is 0 Å². The van der Waals surface area contributed by atoms with Crippen LogP contribution < -0.4 is 16.4 Å². The molecule has 13 nitrogen and oxygen atoms in total. The third kappa shape index (κ3) is 7.99. The lowest BCUT2D eigenvalue weighted by Gasteiger charge is -2.47. The van der Waals surface area contributed by atoms with E-state index in [2.05, 4.69) is 17.6 Å². The number of aliphatic hydroxyl groups excluding tert-OH is 1. The number of nitrogens with one attached hydrogen (secondary N) is 2.